The summed E-state index contributed by atoms with van der Waals surface area (Å²) < 4.78 is 18.3. The maximum Gasteiger partial charge on any atom is 0.315 e. The molecule has 1 aromatic heterocycles. The Kier molecular flexibility index (Phi) is 6.01. The third kappa shape index (κ3) is 5.60. The van der Waals surface area contributed by atoms with Gasteiger partial charge in [0.25, 0.3) is 0 Å². The Morgan fingerprint density at radius 1 is 1.27 bits per heavy atom. The summed E-state index contributed by atoms with van der Waals surface area (Å²) in [5.41, 5.74) is 0.867. The molecule has 2 aromatic rings. The molecule has 0 radical (unpaired) electrons. The smallest absolute Gasteiger partial charge is 0.315 e. The van der Waals surface area contributed by atoms with Gasteiger partial charge in [0.1, 0.15) is 11.6 Å². The summed E-state index contributed by atoms with van der Waals surface area (Å²) in [6.45, 7) is 2.43. The van der Waals surface area contributed by atoms with Crippen LogP contribution < -0.4 is 10.6 Å². The van der Waals surface area contributed by atoms with Gasteiger partial charge in [-0.1, -0.05) is 12.1 Å². The summed E-state index contributed by atoms with van der Waals surface area (Å²) in [5, 5.41) is 5.65. The van der Waals surface area contributed by atoms with Gasteiger partial charge in [-0.25, -0.2) is 9.18 Å². The molecule has 0 unspecified atom stereocenters. The first-order chi connectivity index (χ1) is 10.6. The Morgan fingerprint density at radius 2 is 2.14 bits per heavy atom. The van der Waals surface area contributed by atoms with Gasteiger partial charge in [0.15, 0.2) is 0 Å². The standard InChI is InChI=1S/C17H21FN2O2/c1-13(7-8-16-6-3-11-22-16)20-17(21)19-10-9-14-4-2-5-15(18)12-14/h2-6,11-13H,7-10H2,1H3,(H2,19,20,21)/t13-/m0/s1. The van der Waals surface area contributed by atoms with Gasteiger partial charge < -0.3 is 15.1 Å². The van der Waals surface area contributed by atoms with Crippen molar-refractivity contribution >= 4 is 6.03 Å². The van der Waals surface area contributed by atoms with Gasteiger partial charge in [-0.15, -0.1) is 0 Å². The molecule has 1 aromatic carbocycles. The molecule has 0 spiro atoms. The second-order valence-electron chi connectivity index (χ2n) is 5.30. The van der Waals surface area contributed by atoms with E-state index in [1.807, 2.05) is 25.1 Å². The number of furan rings is 1. The predicted molar refractivity (Wildman–Crippen MR) is 83.1 cm³/mol. The monoisotopic (exact) mass is 304 g/mol. The fraction of sp³-hybridized carbons (Fsp3) is 0.353. The van der Waals surface area contributed by atoms with Gasteiger partial charge in [0, 0.05) is 19.0 Å². The second kappa shape index (κ2) is 8.22. The summed E-state index contributed by atoms with van der Waals surface area (Å²) in [7, 11) is 0. The molecule has 1 atom stereocenters. The highest BCUT2D eigenvalue weighted by molar-refractivity contribution is 5.74. The third-order valence-electron chi connectivity index (χ3n) is 3.37. The van der Waals surface area contributed by atoms with E-state index in [4.69, 9.17) is 4.42 Å². The number of aryl methyl sites for hydroxylation is 1. The molecule has 22 heavy (non-hydrogen) atoms. The molecule has 5 heteroatoms. The van der Waals surface area contributed by atoms with Crippen molar-refractivity contribution < 1.29 is 13.6 Å². The Bertz CT molecular complexity index is 584. The highest BCUT2D eigenvalue weighted by atomic mass is 19.1. The molecule has 0 aliphatic heterocycles. The lowest BCUT2D eigenvalue weighted by molar-refractivity contribution is 0.237. The maximum atomic E-state index is 13.0. The van der Waals surface area contributed by atoms with Gasteiger partial charge in [-0.05, 0) is 49.6 Å². The molecule has 0 saturated carbocycles. The van der Waals surface area contributed by atoms with Crippen molar-refractivity contribution in [2.24, 2.45) is 0 Å². The van der Waals surface area contributed by atoms with Crippen LogP contribution in [0.4, 0.5) is 9.18 Å². The minimum atomic E-state index is -0.256. The van der Waals surface area contributed by atoms with E-state index >= 15 is 0 Å². The number of halogens is 1. The zero-order chi connectivity index (χ0) is 15.8. The van der Waals surface area contributed by atoms with Crippen LogP contribution in [-0.4, -0.2) is 18.6 Å². The summed E-state index contributed by atoms with van der Waals surface area (Å²) in [5.74, 6) is 0.661. The van der Waals surface area contributed by atoms with Crippen LogP contribution in [0.15, 0.2) is 47.1 Å². The summed E-state index contributed by atoms with van der Waals surface area (Å²) in [4.78, 5) is 11.8. The van der Waals surface area contributed by atoms with Crippen LogP contribution in [0.5, 0.6) is 0 Å². The van der Waals surface area contributed by atoms with Gasteiger partial charge in [0.2, 0.25) is 0 Å². The first kappa shape index (κ1) is 16.1. The van der Waals surface area contributed by atoms with E-state index in [1.54, 1.807) is 12.3 Å². The number of hydrogen-bond donors (Lipinski definition) is 2. The topological polar surface area (TPSA) is 54.3 Å². The number of hydrogen-bond acceptors (Lipinski definition) is 2. The fourth-order valence-corrected chi connectivity index (χ4v) is 2.17. The van der Waals surface area contributed by atoms with E-state index in [1.165, 1.54) is 12.1 Å². The zero-order valence-electron chi connectivity index (χ0n) is 12.6. The van der Waals surface area contributed by atoms with Crippen molar-refractivity contribution in [3.8, 4) is 0 Å². The van der Waals surface area contributed by atoms with Crippen molar-refractivity contribution in [3.05, 3.63) is 59.8 Å². The van der Waals surface area contributed by atoms with Gasteiger partial charge in [0.05, 0.1) is 6.26 Å². The molecule has 1 heterocycles. The molecule has 2 rings (SSSR count). The van der Waals surface area contributed by atoms with Crippen LogP contribution in [0.2, 0.25) is 0 Å². The first-order valence-electron chi connectivity index (χ1n) is 7.44. The SMILES string of the molecule is C[C@@H](CCc1ccco1)NC(=O)NCCc1cccc(F)c1. The predicted octanol–water partition coefficient (Wildman–Crippen LogP) is 3.28. The Morgan fingerprint density at radius 3 is 2.86 bits per heavy atom. The van der Waals surface area contributed by atoms with E-state index in [2.05, 4.69) is 10.6 Å². The van der Waals surface area contributed by atoms with Gasteiger partial charge in [-0.3, -0.25) is 0 Å². The van der Waals surface area contributed by atoms with E-state index in [-0.39, 0.29) is 17.9 Å². The number of benzene rings is 1. The molecular formula is C17H21FN2O2. The maximum absolute atomic E-state index is 13.0. The normalized spacial score (nSPS) is 11.9. The Balaban J connectivity index is 1.62. The summed E-state index contributed by atoms with van der Waals surface area (Å²) >= 11 is 0. The molecule has 0 saturated heterocycles. The zero-order valence-corrected chi connectivity index (χ0v) is 12.6. The van der Waals surface area contributed by atoms with Gasteiger partial charge in [-0.2, -0.15) is 0 Å². The van der Waals surface area contributed by atoms with Crippen LogP contribution >= 0.6 is 0 Å². The lowest BCUT2D eigenvalue weighted by Gasteiger charge is -2.14. The highest BCUT2D eigenvalue weighted by Gasteiger charge is 2.08. The second-order valence-corrected chi connectivity index (χ2v) is 5.30. The van der Waals surface area contributed by atoms with Crippen LogP contribution in [0.1, 0.15) is 24.7 Å². The number of carbonyl (C=O) groups is 1. The molecule has 0 aliphatic carbocycles. The van der Waals surface area contributed by atoms with Crippen molar-refractivity contribution in [1.29, 1.82) is 0 Å². The lowest BCUT2D eigenvalue weighted by Crippen LogP contribution is -2.41. The van der Waals surface area contributed by atoms with Gasteiger partial charge >= 0.3 is 6.03 Å². The minimum Gasteiger partial charge on any atom is -0.469 e. The van der Waals surface area contributed by atoms with E-state index < -0.39 is 0 Å². The van der Waals surface area contributed by atoms with Crippen LogP contribution in [-0.2, 0) is 12.8 Å². The summed E-state index contributed by atoms with van der Waals surface area (Å²) in [6.07, 6.45) is 3.85. The molecule has 118 valence electrons. The highest BCUT2D eigenvalue weighted by Crippen LogP contribution is 2.06. The van der Waals surface area contributed by atoms with E-state index in [9.17, 15) is 9.18 Å². The number of rotatable bonds is 7. The number of nitrogens with one attached hydrogen (secondary N) is 2. The van der Waals surface area contributed by atoms with E-state index in [0.717, 1.165) is 24.2 Å². The van der Waals surface area contributed by atoms with Crippen LogP contribution in [0.25, 0.3) is 0 Å². The third-order valence-corrected chi connectivity index (χ3v) is 3.37. The lowest BCUT2D eigenvalue weighted by atomic mass is 10.1. The number of urea groups is 1. The number of carbonyl (C=O) groups excluding carboxylic acids is 1. The molecule has 2 amide bonds. The quantitative estimate of drug-likeness (QED) is 0.825. The minimum absolute atomic E-state index is 0.0549. The molecular weight excluding hydrogens is 283 g/mol. The molecule has 0 bridgehead atoms. The average molecular weight is 304 g/mol. The molecule has 4 nitrogen and oxygen atoms in total. The number of amides is 2. The largest absolute Gasteiger partial charge is 0.469 e. The van der Waals surface area contributed by atoms with Crippen LogP contribution in [0, 0.1) is 5.82 Å². The van der Waals surface area contributed by atoms with Crippen LogP contribution in [0.3, 0.4) is 0 Å². The van der Waals surface area contributed by atoms with Crippen molar-refractivity contribution in [1.82, 2.24) is 10.6 Å². The van der Waals surface area contributed by atoms with Crippen molar-refractivity contribution in [2.75, 3.05) is 6.54 Å². The Labute approximate surface area is 129 Å². The fourth-order valence-electron chi connectivity index (χ4n) is 2.17. The molecule has 0 aliphatic rings. The molecule has 0 fully saturated rings. The van der Waals surface area contributed by atoms with Crippen molar-refractivity contribution in [3.63, 3.8) is 0 Å². The van der Waals surface area contributed by atoms with E-state index in [0.29, 0.717) is 13.0 Å². The summed E-state index contributed by atoms with van der Waals surface area (Å²) in [6, 6.07) is 10.0. The molecule has 2 N–H and O–H groups in total. The van der Waals surface area contributed by atoms with Crippen molar-refractivity contribution in [2.45, 2.75) is 32.2 Å². The average Bonchev–Trinajstić information content (AvgIpc) is 2.98. The first-order valence-corrected chi connectivity index (χ1v) is 7.44. The Hall–Kier alpha value is -2.30.